The zero-order valence-corrected chi connectivity index (χ0v) is 7.98. The van der Waals surface area contributed by atoms with Crippen LogP contribution in [-0.4, -0.2) is 19.8 Å². The highest BCUT2D eigenvalue weighted by Gasteiger charge is 2.17. The molecule has 1 unspecified atom stereocenters. The molecule has 2 heteroatoms. The molecule has 1 aliphatic rings. The summed E-state index contributed by atoms with van der Waals surface area (Å²) in [6.07, 6.45) is 6.65. The maximum Gasteiger partial charge on any atom is 0.113 e. The molecule has 0 saturated heterocycles. The van der Waals surface area contributed by atoms with Crippen LogP contribution in [-0.2, 0) is 0 Å². The van der Waals surface area contributed by atoms with Crippen LogP contribution in [0.2, 0.25) is 0 Å². The normalized spacial score (nSPS) is 22.5. The van der Waals surface area contributed by atoms with Crippen molar-refractivity contribution >= 4 is 0 Å². The summed E-state index contributed by atoms with van der Waals surface area (Å²) >= 11 is 0. The molecule has 0 radical (unpaired) electrons. The molecule has 1 atom stereocenters. The minimum absolute atomic E-state index is 0.524. The van der Waals surface area contributed by atoms with Gasteiger partial charge < -0.3 is 5.32 Å². The molecule has 1 fully saturated rings. The first-order chi connectivity index (χ1) is 5.83. The first kappa shape index (κ1) is 9.97. The fraction of sp³-hybridized carbons (Fsp3) is 1.00. The van der Waals surface area contributed by atoms with Crippen LogP contribution in [0.5, 0.6) is 0 Å². The third-order valence-corrected chi connectivity index (χ3v) is 2.74. The summed E-state index contributed by atoms with van der Waals surface area (Å²) < 4.78 is 13.1. The quantitative estimate of drug-likeness (QED) is 0.688. The lowest BCUT2D eigenvalue weighted by atomic mass is 9.86. The number of alkyl halides is 1. The van der Waals surface area contributed by atoms with E-state index < -0.39 is 6.17 Å². The van der Waals surface area contributed by atoms with Gasteiger partial charge in [0, 0.05) is 6.54 Å². The highest BCUT2D eigenvalue weighted by molar-refractivity contribution is 4.70. The Morgan fingerprint density at radius 2 is 2.00 bits per heavy atom. The van der Waals surface area contributed by atoms with Crippen molar-refractivity contribution in [1.82, 2.24) is 5.32 Å². The van der Waals surface area contributed by atoms with E-state index in [1.807, 2.05) is 7.05 Å². The van der Waals surface area contributed by atoms with Crippen LogP contribution >= 0.6 is 0 Å². The van der Waals surface area contributed by atoms with Gasteiger partial charge in [-0.05, 0) is 19.4 Å². The maximum atomic E-state index is 13.1. The summed E-state index contributed by atoms with van der Waals surface area (Å²) in [5.74, 6) is 0.669. The van der Waals surface area contributed by atoms with Gasteiger partial charge in [-0.3, -0.25) is 0 Å². The molecule has 1 aliphatic carbocycles. The largest absolute Gasteiger partial charge is 0.317 e. The molecule has 0 heterocycles. The molecule has 1 rings (SSSR count). The fourth-order valence-corrected chi connectivity index (χ4v) is 2.09. The number of rotatable bonds is 4. The Hall–Kier alpha value is -0.110. The van der Waals surface area contributed by atoms with Gasteiger partial charge in [0.2, 0.25) is 0 Å². The highest BCUT2D eigenvalue weighted by atomic mass is 19.1. The van der Waals surface area contributed by atoms with Gasteiger partial charge in [0.05, 0.1) is 0 Å². The van der Waals surface area contributed by atoms with E-state index in [4.69, 9.17) is 0 Å². The maximum absolute atomic E-state index is 13.1. The zero-order chi connectivity index (χ0) is 8.81. The summed E-state index contributed by atoms with van der Waals surface area (Å²) in [4.78, 5) is 0. The van der Waals surface area contributed by atoms with Gasteiger partial charge in [-0.2, -0.15) is 0 Å². The van der Waals surface area contributed by atoms with Crippen LogP contribution in [0.4, 0.5) is 4.39 Å². The predicted octanol–water partition coefficient (Wildman–Crippen LogP) is 2.51. The number of hydrogen-bond donors (Lipinski definition) is 1. The highest BCUT2D eigenvalue weighted by Crippen LogP contribution is 2.27. The molecule has 1 saturated carbocycles. The second-order valence-electron chi connectivity index (χ2n) is 3.89. The summed E-state index contributed by atoms with van der Waals surface area (Å²) in [5.41, 5.74) is 0. The molecular formula is C10H20FN. The lowest BCUT2D eigenvalue weighted by Gasteiger charge is -2.22. The standard InChI is InChI=1S/C10H20FN/c1-12-8-10(11)7-9-5-3-2-4-6-9/h9-10,12H,2-8H2,1H3. The Balaban J connectivity index is 2.11. The van der Waals surface area contributed by atoms with Gasteiger partial charge in [0.1, 0.15) is 6.17 Å². The fourth-order valence-electron chi connectivity index (χ4n) is 2.09. The van der Waals surface area contributed by atoms with Crippen LogP contribution in [0.3, 0.4) is 0 Å². The van der Waals surface area contributed by atoms with E-state index in [9.17, 15) is 4.39 Å². The van der Waals surface area contributed by atoms with Gasteiger partial charge in [0.15, 0.2) is 0 Å². The van der Waals surface area contributed by atoms with Crippen molar-refractivity contribution in [3.8, 4) is 0 Å². The van der Waals surface area contributed by atoms with Crippen LogP contribution in [0.1, 0.15) is 38.5 Å². The van der Waals surface area contributed by atoms with Gasteiger partial charge in [-0.1, -0.05) is 32.1 Å². The van der Waals surface area contributed by atoms with Crippen molar-refractivity contribution in [3.63, 3.8) is 0 Å². The summed E-state index contributed by atoms with van der Waals surface area (Å²) in [5, 5.41) is 2.88. The number of halogens is 1. The molecule has 1 N–H and O–H groups in total. The molecule has 0 aromatic carbocycles. The summed E-state index contributed by atoms with van der Waals surface area (Å²) in [6.45, 7) is 0.524. The molecule has 0 aromatic heterocycles. The third kappa shape index (κ3) is 3.53. The van der Waals surface area contributed by atoms with E-state index in [2.05, 4.69) is 5.32 Å². The van der Waals surface area contributed by atoms with Gasteiger partial charge in [0.25, 0.3) is 0 Å². The smallest absolute Gasteiger partial charge is 0.113 e. The second kappa shape index (κ2) is 5.52. The lowest BCUT2D eigenvalue weighted by molar-refractivity contribution is 0.228. The van der Waals surface area contributed by atoms with E-state index in [0.717, 1.165) is 6.42 Å². The first-order valence-electron chi connectivity index (χ1n) is 5.11. The van der Waals surface area contributed by atoms with E-state index in [1.165, 1.54) is 32.1 Å². The average molecular weight is 173 g/mol. The Bertz CT molecular complexity index is 110. The number of hydrogen-bond acceptors (Lipinski definition) is 1. The molecule has 12 heavy (non-hydrogen) atoms. The molecule has 0 aliphatic heterocycles. The minimum atomic E-state index is -0.627. The van der Waals surface area contributed by atoms with Crippen LogP contribution in [0.25, 0.3) is 0 Å². The molecule has 0 bridgehead atoms. The van der Waals surface area contributed by atoms with Gasteiger partial charge in [-0.15, -0.1) is 0 Å². The topological polar surface area (TPSA) is 12.0 Å². The molecule has 0 spiro atoms. The number of nitrogens with one attached hydrogen (secondary N) is 1. The second-order valence-corrected chi connectivity index (χ2v) is 3.89. The van der Waals surface area contributed by atoms with E-state index in [0.29, 0.717) is 12.5 Å². The molecule has 0 amide bonds. The lowest BCUT2D eigenvalue weighted by Crippen LogP contribution is -2.23. The van der Waals surface area contributed by atoms with Crippen LogP contribution in [0.15, 0.2) is 0 Å². The molecule has 0 aromatic rings. The monoisotopic (exact) mass is 173 g/mol. The minimum Gasteiger partial charge on any atom is -0.317 e. The first-order valence-corrected chi connectivity index (χ1v) is 5.11. The van der Waals surface area contributed by atoms with Gasteiger partial charge >= 0.3 is 0 Å². The predicted molar refractivity (Wildman–Crippen MR) is 50.0 cm³/mol. The SMILES string of the molecule is CNCC(F)CC1CCCCC1. The third-order valence-electron chi connectivity index (χ3n) is 2.74. The van der Waals surface area contributed by atoms with E-state index >= 15 is 0 Å². The molecular weight excluding hydrogens is 153 g/mol. The van der Waals surface area contributed by atoms with Gasteiger partial charge in [-0.25, -0.2) is 4.39 Å². The van der Waals surface area contributed by atoms with Crippen molar-refractivity contribution in [2.45, 2.75) is 44.7 Å². The van der Waals surface area contributed by atoms with Crippen LogP contribution in [0, 0.1) is 5.92 Å². The van der Waals surface area contributed by atoms with Crippen molar-refractivity contribution in [3.05, 3.63) is 0 Å². The van der Waals surface area contributed by atoms with E-state index in [1.54, 1.807) is 0 Å². The Labute approximate surface area is 74.7 Å². The summed E-state index contributed by atoms with van der Waals surface area (Å²) in [6, 6.07) is 0. The van der Waals surface area contributed by atoms with Crippen molar-refractivity contribution in [2.24, 2.45) is 5.92 Å². The summed E-state index contributed by atoms with van der Waals surface area (Å²) in [7, 11) is 1.81. The molecule has 72 valence electrons. The Morgan fingerprint density at radius 3 is 2.58 bits per heavy atom. The van der Waals surface area contributed by atoms with Crippen molar-refractivity contribution < 1.29 is 4.39 Å². The molecule has 1 nitrogen and oxygen atoms in total. The Kier molecular flexibility index (Phi) is 4.59. The van der Waals surface area contributed by atoms with E-state index in [-0.39, 0.29) is 0 Å². The average Bonchev–Trinajstić information content (AvgIpc) is 2.06. The van der Waals surface area contributed by atoms with Crippen molar-refractivity contribution in [1.29, 1.82) is 0 Å². The van der Waals surface area contributed by atoms with Crippen LogP contribution < -0.4 is 5.32 Å². The Morgan fingerprint density at radius 1 is 1.33 bits per heavy atom. The van der Waals surface area contributed by atoms with Crippen molar-refractivity contribution in [2.75, 3.05) is 13.6 Å². The zero-order valence-electron chi connectivity index (χ0n) is 7.98.